The van der Waals surface area contributed by atoms with Gasteiger partial charge in [-0.15, -0.1) is 0 Å². The van der Waals surface area contributed by atoms with Crippen LogP contribution in [0.25, 0.3) is 0 Å². The summed E-state index contributed by atoms with van der Waals surface area (Å²) in [6.07, 6.45) is -1.18. The third-order valence-corrected chi connectivity index (χ3v) is 6.06. The normalized spacial score (nSPS) is 22.1. The van der Waals surface area contributed by atoms with Crippen molar-refractivity contribution in [2.45, 2.75) is 12.1 Å². The summed E-state index contributed by atoms with van der Waals surface area (Å²) in [7, 11) is 0. The Bertz CT molecular complexity index is 1290. The SMILES string of the molecule is O=C1[C@H]2[C@@H](ON(c3cccc([N+](=O)[O-])c3)[C@H]2c2ccccc2Cl)C(=O)N1c1ccc(F)cc1. The van der Waals surface area contributed by atoms with Crippen molar-refractivity contribution in [3.05, 3.63) is 99.3 Å². The molecule has 0 aromatic heterocycles. The number of rotatable bonds is 4. The lowest BCUT2D eigenvalue weighted by atomic mass is 9.90. The summed E-state index contributed by atoms with van der Waals surface area (Å²) in [6.45, 7) is 0. The molecule has 3 aromatic rings. The zero-order valence-electron chi connectivity index (χ0n) is 16.8. The first-order chi connectivity index (χ1) is 15.9. The third kappa shape index (κ3) is 3.42. The summed E-state index contributed by atoms with van der Waals surface area (Å²) in [4.78, 5) is 44.4. The number of nitrogens with zero attached hydrogens (tertiary/aromatic N) is 3. The number of hydrogen-bond donors (Lipinski definition) is 0. The monoisotopic (exact) mass is 467 g/mol. The fourth-order valence-electron chi connectivity index (χ4n) is 4.26. The standard InChI is InChI=1S/C23H15ClFN3O5/c24-18-7-2-1-6-17(18)20-19-21(33-27(20)15-4-3-5-16(12-15)28(31)32)23(30)26(22(19)29)14-10-8-13(25)9-11-14/h1-12,19-21H/t19-,20+,21-/m1/s1. The van der Waals surface area contributed by atoms with E-state index in [0.29, 0.717) is 16.3 Å². The van der Waals surface area contributed by atoms with Crippen LogP contribution >= 0.6 is 11.6 Å². The Labute approximate surface area is 191 Å². The van der Waals surface area contributed by atoms with Gasteiger partial charge in [0.05, 0.1) is 22.3 Å². The van der Waals surface area contributed by atoms with Crippen molar-refractivity contribution in [3.8, 4) is 0 Å². The van der Waals surface area contributed by atoms with Gasteiger partial charge in [-0.25, -0.2) is 14.4 Å². The number of imide groups is 1. The van der Waals surface area contributed by atoms with Crippen molar-refractivity contribution in [2.24, 2.45) is 5.92 Å². The van der Waals surface area contributed by atoms with Gasteiger partial charge < -0.3 is 0 Å². The van der Waals surface area contributed by atoms with Gasteiger partial charge in [0, 0.05) is 17.2 Å². The molecule has 166 valence electrons. The largest absolute Gasteiger partial charge is 0.273 e. The number of halogens is 2. The van der Waals surface area contributed by atoms with E-state index in [2.05, 4.69) is 0 Å². The van der Waals surface area contributed by atoms with Crippen LogP contribution in [0.15, 0.2) is 72.8 Å². The molecule has 0 N–H and O–H groups in total. The van der Waals surface area contributed by atoms with Crippen LogP contribution in [0.1, 0.15) is 11.6 Å². The van der Waals surface area contributed by atoms with Crippen LogP contribution in [0.5, 0.6) is 0 Å². The number of fused-ring (bicyclic) bond motifs is 1. The van der Waals surface area contributed by atoms with Crippen molar-refractivity contribution >= 4 is 40.5 Å². The molecule has 0 spiro atoms. The molecule has 3 aromatic carbocycles. The lowest BCUT2D eigenvalue weighted by Crippen LogP contribution is -2.37. The van der Waals surface area contributed by atoms with Crippen molar-refractivity contribution in [3.63, 3.8) is 0 Å². The minimum absolute atomic E-state index is 0.170. The Morgan fingerprint density at radius 2 is 1.67 bits per heavy atom. The Hall–Kier alpha value is -3.82. The minimum Gasteiger partial charge on any atom is -0.273 e. The smallest absolute Gasteiger partial charge is 0.271 e. The highest BCUT2D eigenvalue weighted by molar-refractivity contribution is 6.31. The molecule has 5 rings (SSSR count). The summed E-state index contributed by atoms with van der Waals surface area (Å²) in [6, 6.07) is 16.7. The van der Waals surface area contributed by atoms with Crippen LogP contribution in [0, 0.1) is 21.8 Å². The van der Waals surface area contributed by atoms with Gasteiger partial charge in [0.2, 0.25) is 5.91 Å². The Balaban J connectivity index is 1.61. The van der Waals surface area contributed by atoms with E-state index in [1.807, 2.05) is 0 Å². The molecule has 0 saturated carbocycles. The van der Waals surface area contributed by atoms with Gasteiger partial charge in [-0.05, 0) is 42.0 Å². The first-order valence-corrected chi connectivity index (χ1v) is 10.3. The molecule has 2 fully saturated rings. The average Bonchev–Trinajstić information content (AvgIpc) is 3.31. The first-order valence-electron chi connectivity index (χ1n) is 9.95. The van der Waals surface area contributed by atoms with E-state index in [1.165, 1.54) is 35.4 Å². The molecule has 2 saturated heterocycles. The van der Waals surface area contributed by atoms with Gasteiger partial charge in [-0.2, -0.15) is 0 Å². The quantitative estimate of drug-likeness (QED) is 0.320. The molecule has 0 bridgehead atoms. The maximum atomic E-state index is 13.5. The molecule has 10 heteroatoms. The van der Waals surface area contributed by atoms with Crippen molar-refractivity contribution < 1.29 is 23.7 Å². The molecule has 33 heavy (non-hydrogen) atoms. The summed E-state index contributed by atoms with van der Waals surface area (Å²) in [5.74, 6) is -2.61. The molecule has 2 aliphatic heterocycles. The highest BCUT2D eigenvalue weighted by atomic mass is 35.5. The maximum Gasteiger partial charge on any atom is 0.271 e. The van der Waals surface area contributed by atoms with Crippen LogP contribution < -0.4 is 9.96 Å². The summed E-state index contributed by atoms with van der Waals surface area (Å²) in [5.41, 5.74) is 0.888. The number of nitro groups is 1. The average molecular weight is 468 g/mol. The Morgan fingerprint density at radius 1 is 0.939 bits per heavy atom. The second-order valence-electron chi connectivity index (χ2n) is 7.61. The number of non-ortho nitro benzene ring substituents is 1. The number of benzene rings is 3. The summed E-state index contributed by atoms with van der Waals surface area (Å²) < 4.78 is 13.4. The molecule has 0 radical (unpaired) electrons. The molecule has 2 heterocycles. The molecule has 0 unspecified atom stereocenters. The minimum atomic E-state index is -1.18. The van der Waals surface area contributed by atoms with E-state index in [0.717, 1.165) is 17.0 Å². The second kappa shape index (κ2) is 7.95. The van der Waals surface area contributed by atoms with Gasteiger partial charge in [0.1, 0.15) is 11.7 Å². The van der Waals surface area contributed by atoms with E-state index in [-0.39, 0.29) is 11.4 Å². The number of hydroxylamine groups is 1. The number of hydrogen-bond acceptors (Lipinski definition) is 6. The van der Waals surface area contributed by atoms with Gasteiger partial charge >= 0.3 is 0 Å². The van der Waals surface area contributed by atoms with E-state index < -0.39 is 40.6 Å². The van der Waals surface area contributed by atoms with Gasteiger partial charge in [0.25, 0.3) is 11.6 Å². The molecule has 2 amide bonds. The second-order valence-corrected chi connectivity index (χ2v) is 8.02. The zero-order valence-corrected chi connectivity index (χ0v) is 17.6. The molecule has 0 aliphatic carbocycles. The maximum absolute atomic E-state index is 13.5. The van der Waals surface area contributed by atoms with E-state index in [1.54, 1.807) is 30.3 Å². The topological polar surface area (TPSA) is 93.0 Å². The third-order valence-electron chi connectivity index (χ3n) is 5.72. The summed E-state index contributed by atoms with van der Waals surface area (Å²) in [5, 5.41) is 13.0. The van der Waals surface area contributed by atoms with Crippen LogP contribution in [0.2, 0.25) is 5.02 Å². The van der Waals surface area contributed by atoms with Gasteiger partial charge in [-0.3, -0.25) is 24.5 Å². The fourth-order valence-corrected chi connectivity index (χ4v) is 4.51. The molecule has 8 nitrogen and oxygen atoms in total. The number of anilines is 2. The predicted molar refractivity (Wildman–Crippen MR) is 117 cm³/mol. The first kappa shape index (κ1) is 21.0. The van der Waals surface area contributed by atoms with Gasteiger partial charge in [0.15, 0.2) is 6.10 Å². The number of carbonyl (C=O) groups is 2. The van der Waals surface area contributed by atoms with Gasteiger partial charge in [-0.1, -0.05) is 35.9 Å². The van der Waals surface area contributed by atoms with E-state index in [9.17, 15) is 24.1 Å². The van der Waals surface area contributed by atoms with Crippen molar-refractivity contribution in [1.29, 1.82) is 0 Å². The Kier molecular flexibility index (Phi) is 5.07. The van der Waals surface area contributed by atoms with Crippen molar-refractivity contribution in [1.82, 2.24) is 0 Å². The molecule has 2 aliphatic rings. The van der Waals surface area contributed by atoms with Crippen LogP contribution in [0.3, 0.4) is 0 Å². The van der Waals surface area contributed by atoms with Crippen molar-refractivity contribution in [2.75, 3.05) is 9.96 Å². The molecule has 3 atom stereocenters. The summed E-state index contributed by atoms with van der Waals surface area (Å²) >= 11 is 6.44. The highest BCUT2D eigenvalue weighted by Crippen LogP contribution is 2.49. The lowest BCUT2D eigenvalue weighted by Gasteiger charge is -2.29. The van der Waals surface area contributed by atoms with Crippen LogP contribution in [-0.2, 0) is 14.4 Å². The molecular weight excluding hydrogens is 453 g/mol. The highest BCUT2D eigenvalue weighted by Gasteiger charge is 2.60. The lowest BCUT2D eigenvalue weighted by molar-refractivity contribution is -0.384. The number of carbonyl (C=O) groups excluding carboxylic acids is 2. The van der Waals surface area contributed by atoms with E-state index in [4.69, 9.17) is 16.4 Å². The van der Waals surface area contributed by atoms with Crippen LogP contribution in [0.4, 0.5) is 21.5 Å². The Morgan fingerprint density at radius 3 is 2.36 bits per heavy atom. The number of amides is 2. The predicted octanol–water partition coefficient (Wildman–Crippen LogP) is 4.44. The van der Waals surface area contributed by atoms with Crippen LogP contribution in [-0.4, -0.2) is 22.8 Å². The molecular formula is C23H15ClFN3O5. The fraction of sp³-hybridized carbons (Fsp3) is 0.130. The zero-order chi connectivity index (χ0) is 23.3. The number of nitro benzene ring substituents is 1. The van der Waals surface area contributed by atoms with E-state index >= 15 is 0 Å².